The summed E-state index contributed by atoms with van der Waals surface area (Å²) >= 11 is 0. The molecule has 0 spiro atoms. The average molecular weight is 427 g/mol. The minimum absolute atomic E-state index is 0.0420. The number of benzene rings is 2. The number of fused-ring (bicyclic) bond motifs is 2. The standard InChI is InChI=1S/C21H21N3O5S/c25-21(10-6-15-5-9-19-20(13-15)29-14-28-19)22-11-12-23-17-3-1-2-4-18(17)24(16-7-8-16)30(23,26)27/h1-6,9-10,13,16H,7-8,11-12,14H2,(H,22,25)/b10-6+. The first-order chi connectivity index (χ1) is 14.5. The van der Waals surface area contributed by atoms with Gasteiger partial charge in [-0.1, -0.05) is 18.2 Å². The van der Waals surface area contributed by atoms with Crippen molar-refractivity contribution in [1.82, 2.24) is 5.32 Å². The van der Waals surface area contributed by atoms with Gasteiger partial charge in [0.1, 0.15) is 0 Å². The Balaban J connectivity index is 1.22. The molecule has 1 saturated carbocycles. The lowest BCUT2D eigenvalue weighted by Gasteiger charge is -2.21. The zero-order chi connectivity index (χ0) is 20.7. The fourth-order valence-corrected chi connectivity index (χ4v) is 5.60. The molecule has 0 bridgehead atoms. The molecule has 0 saturated heterocycles. The van der Waals surface area contributed by atoms with Crippen molar-refractivity contribution in [2.75, 3.05) is 28.5 Å². The van der Waals surface area contributed by atoms with Crippen LogP contribution >= 0.6 is 0 Å². The Morgan fingerprint density at radius 3 is 2.67 bits per heavy atom. The molecule has 1 N–H and O–H groups in total. The summed E-state index contributed by atoms with van der Waals surface area (Å²) in [6.07, 6.45) is 4.85. The smallest absolute Gasteiger partial charge is 0.326 e. The maximum Gasteiger partial charge on any atom is 0.326 e. The largest absolute Gasteiger partial charge is 0.454 e. The van der Waals surface area contributed by atoms with Gasteiger partial charge in [-0.25, -0.2) is 8.61 Å². The summed E-state index contributed by atoms with van der Waals surface area (Å²) in [4.78, 5) is 12.2. The van der Waals surface area contributed by atoms with E-state index in [1.807, 2.05) is 24.3 Å². The van der Waals surface area contributed by atoms with Crippen LogP contribution in [0.2, 0.25) is 0 Å². The molecule has 1 amide bonds. The third kappa shape index (κ3) is 3.35. The molecule has 1 aliphatic carbocycles. The van der Waals surface area contributed by atoms with Crippen molar-refractivity contribution in [3.05, 3.63) is 54.1 Å². The number of nitrogens with zero attached hydrogens (tertiary/aromatic N) is 2. The van der Waals surface area contributed by atoms with Gasteiger partial charge in [-0.05, 0) is 48.7 Å². The Hall–Kier alpha value is -3.20. The number of carbonyl (C=O) groups is 1. The summed E-state index contributed by atoms with van der Waals surface area (Å²) in [5, 5.41) is 2.75. The van der Waals surface area contributed by atoms with E-state index in [4.69, 9.17) is 9.47 Å². The Bertz CT molecular complexity index is 1130. The predicted octanol–water partition coefficient (Wildman–Crippen LogP) is 2.28. The van der Waals surface area contributed by atoms with Crippen LogP contribution in [-0.4, -0.2) is 40.2 Å². The van der Waals surface area contributed by atoms with Crippen molar-refractivity contribution < 1.29 is 22.7 Å². The van der Waals surface area contributed by atoms with Crippen molar-refractivity contribution in [2.24, 2.45) is 0 Å². The van der Waals surface area contributed by atoms with Crippen LogP contribution in [0.25, 0.3) is 6.08 Å². The van der Waals surface area contributed by atoms with Gasteiger partial charge in [0.25, 0.3) is 0 Å². The van der Waals surface area contributed by atoms with E-state index in [1.54, 1.807) is 24.3 Å². The van der Waals surface area contributed by atoms with Crippen molar-refractivity contribution >= 4 is 33.6 Å². The van der Waals surface area contributed by atoms with Gasteiger partial charge in [-0.3, -0.25) is 4.79 Å². The van der Waals surface area contributed by atoms with Crippen LogP contribution in [0.5, 0.6) is 11.5 Å². The molecule has 9 heteroatoms. The lowest BCUT2D eigenvalue weighted by Crippen LogP contribution is -2.42. The van der Waals surface area contributed by atoms with Crippen LogP contribution in [0.15, 0.2) is 48.5 Å². The van der Waals surface area contributed by atoms with Crippen molar-refractivity contribution in [2.45, 2.75) is 18.9 Å². The molecule has 1 fully saturated rings. The molecule has 156 valence electrons. The summed E-state index contributed by atoms with van der Waals surface area (Å²) in [6, 6.07) is 12.8. The number of ether oxygens (including phenoxy) is 2. The number of rotatable bonds is 6. The zero-order valence-corrected chi connectivity index (χ0v) is 17.0. The first-order valence-corrected chi connectivity index (χ1v) is 11.2. The number of hydrogen-bond acceptors (Lipinski definition) is 5. The van der Waals surface area contributed by atoms with Crippen molar-refractivity contribution in [1.29, 1.82) is 0 Å². The normalized spacial score (nSPS) is 18.7. The van der Waals surface area contributed by atoms with Gasteiger partial charge in [0, 0.05) is 18.7 Å². The first-order valence-electron chi connectivity index (χ1n) is 9.81. The van der Waals surface area contributed by atoms with E-state index in [0.29, 0.717) is 22.9 Å². The Kier molecular flexibility index (Phi) is 4.54. The predicted molar refractivity (Wildman–Crippen MR) is 113 cm³/mol. The highest BCUT2D eigenvalue weighted by Crippen LogP contribution is 2.46. The van der Waals surface area contributed by atoms with Crippen molar-refractivity contribution in [3.8, 4) is 11.5 Å². The second-order valence-corrected chi connectivity index (χ2v) is 9.06. The summed E-state index contributed by atoms with van der Waals surface area (Å²) in [7, 11) is -3.61. The van der Waals surface area contributed by atoms with Gasteiger partial charge >= 0.3 is 10.2 Å². The quantitative estimate of drug-likeness (QED) is 0.715. The number of carbonyl (C=O) groups excluding carboxylic acids is 1. The van der Waals surface area contributed by atoms with E-state index >= 15 is 0 Å². The van der Waals surface area contributed by atoms with Gasteiger partial charge in [0.05, 0.1) is 17.9 Å². The molecule has 0 atom stereocenters. The molecule has 0 aromatic heterocycles. The maximum atomic E-state index is 13.0. The fourth-order valence-electron chi connectivity index (χ4n) is 3.67. The second kappa shape index (κ2) is 7.24. The van der Waals surface area contributed by atoms with Crippen LogP contribution < -0.4 is 23.4 Å². The highest BCUT2D eigenvalue weighted by molar-refractivity contribution is 7.94. The summed E-state index contributed by atoms with van der Waals surface area (Å²) in [5.41, 5.74) is 2.19. The lowest BCUT2D eigenvalue weighted by molar-refractivity contribution is -0.116. The fraction of sp³-hybridized carbons (Fsp3) is 0.286. The number of para-hydroxylation sites is 2. The molecule has 2 aromatic rings. The minimum atomic E-state index is -3.61. The molecule has 2 aromatic carbocycles. The van der Waals surface area contributed by atoms with Crippen LogP contribution in [0.3, 0.4) is 0 Å². The molecule has 3 aliphatic rings. The molecule has 0 radical (unpaired) electrons. The SMILES string of the molecule is O=C(/C=C/c1ccc2c(c1)OCO2)NCCN1c2ccccc2N(C2CC2)S1(=O)=O. The molecule has 2 aliphatic heterocycles. The highest BCUT2D eigenvalue weighted by Gasteiger charge is 2.47. The van der Waals surface area contributed by atoms with E-state index in [-0.39, 0.29) is 31.8 Å². The molecular formula is C21H21N3O5S. The Morgan fingerprint density at radius 2 is 1.87 bits per heavy atom. The molecule has 2 heterocycles. The van der Waals surface area contributed by atoms with Gasteiger partial charge in [-0.15, -0.1) is 0 Å². The topological polar surface area (TPSA) is 88.2 Å². The third-order valence-corrected chi connectivity index (χ3v) is 7.16. The lowest BCUT2D eigenvalue weighted by atomic mass is 10.2. The average Bonchev–Trinajstić information content (AvgIpc) is 3.39. The van der Waals surface area contributed by atoms with Crippen LogP contribution in [0.4, 0.5) is 11.4 Å². The van der Waals surface area contributed by atoms with E-state index in [1.165, 1.54) is 14.7 Å². The Labute approximate surface area is 174 Å². The van der Waals surface area contributed by atoms with E-state index in [9.17, 15) is 13.2 Å². The van der Waals surface area contributed by atoms with Crippen LogP contribution in [0.1, 0.15) is 18.4 Å². The summed E-state index contributed by atoms with van der Waals surface area (Å²) in [6.45, 7) is 0.576. The van der Waals surface area contributed by atoms with E-state index < -0.39 is 10.2 Å². The Morgan fingerprint density at radius 1 is 1.10 bits per heavy atom. The second-order valence-electron chi connectivity index (χ2n) is 7.33. The summed E-state index contributed by atoms with van der Waals surface area (Å²) < 4.78 is 39.5. The van der Waals surface area contributed by atoms with E-state index in [0.717, 1.165) is 18.4 Å². The number of nitrogens with one attached hydrogen (secondary N) is 1. The van der Waals surface area contributed by atoms with Gasteiger partial charge in [-0.2, -0.15) is 8.42 Å². The minimum Gasteiger partial charge on any atom is -0.454 e. The zero-order valence-electron chi connectivity index (χ0n) is 16.2. The summed E-state index contributed by atoms with van der Waals surface area (Å²) in [5.74, 6) is 1.04. The van der Waals surface area contributed by atoms with Crippen molar-refractivity contribution in [3.63, 3.8) is 0 Å². The monoisotopic (exact) mass is 427 g/mol. The third-order valence-electron chi connectivity index (χ3n) is 5.23. The molecule has 30 heavy (non-hydrogen) atoms. The first kappa shape index (κ1) is 18.8. The maximum absolute atomic E-state index is 13.0. The molecule has 5 rings (SSSR count). The van der Waals surface area contributed by atoms with Crippen LogP contribution in [-0.2, 0) is 15.0 Å². The van der Waals surface area contributed by atoms with Gasteiger partial charge in [0.15, 0.2) is 11.5 Å². The van der Waals surface area contributed by atoms with E-state index in [2.05, 4.69) is 5.32 Å². The molecule has 0 unspecified atom stereocenters. The number of amides is 1. The van der Waals surface area contributed by atoms with Crippen LogP contribution in [0, 0.1) is 0 Å². The molecule has 8 nitrogen and oxygen atoms in total. The van der Waals surface area contributed by atoms with Gasteiger partial charge in [0.2, 0.25) is 12.7 Å². The highest BCUT2D eigenvalue weighted by atomic mass is 32.2. The number of hydrogen-bond donors (Lipinski definition) is 1. The van der Waals surface area contributed by atoms with Gasteiger partial charge < -0.3 is 14.8 Å². The number of anilines is 2. The molecular weight excluding hydrogens is 406 g/mol.